The van der Waals surface area contributed by atoms with Crippen LogP contribution in [0.4, 0.5) is 0 Å². The number of aliphatic hydroxyl groups excluding tert-OH is 1. The first-order valence-electron chi connectivity index (χ1n) is 3.10. The van der Waals surface area contributed by atoms with Crippen LogP contribution in [-0.4, -0.2) is 11.7 Å². The van der Waals surface area contributed by atoms with E-state index in [2.05, 4.69) is 6.92 Å². The lowest BCUT2D eigenvalue weighted by atomic mass is 10.1. The Morgan fingerprint density at radius 3 is 2.38 bits per heavy atom. The molecule has 0 saturated heterocycles. The highest BCUT2D eigenvalue weighted by molar-refractivity contribution is 4.99. The summed E-state index contributed by atoms with van der Waals surface area (Å²) in [5.41, 5.74) is 1.15. The molecule has 0 aliphatic rings. The van der Waals surface area contributed by atoms with Crippen LogP contribution in [-0.2, 0) is 0 Å². The lowest BCUT2D eigenvalue weighted by Gasteiger charge is -1.96. The van der Waals surface area contributed by atoms with Gasteiger partial charge in [-0.15, -0.1) is 0 Å². The molecule has 0 radical (unpaired) electrons. The Hall–Kier alpha value is -0.300. The fraction of sp³-hybridized carbons (Fsp3) is 0.714. The van der Waals surface area contributed by atoms with Crippen LogP contribution in [0, 0.1) is 0 Å². The van der Waals surface area contributed by atoms with Gasteiger partial charge in [0, 0.05) is 0 Å². The highest BCUT2D eigenvalue weighted by Gasteiger charge is 1.87. The third-order valence-electron chi connectivity index (χ3n) is 1.18. The third-order valence-corrected chi connectivity index (χ3v) is 1.18. The van der Waals surface area contributed by atoms with E-state index < -0.39 is 0 Å². The van der Waals surface area contributed by atoms with Crippen molar-refractivity contribution >= 4 is 0 Å². The van der Waals surface area contributed by atoms with E-state index in [1.54, 1.807) is 0 Å². The SMILES string of the molecule is C/C=C(/CO)CCC. The van der Waals surface area contributed by atoms with Gasteiger partial charge in [0.1, 0.15) is 0 Å². The molecular formula is C7H14O. The summed E-state index contributed by atoms with van der Waals surface area (Å²) in [6.45, 7) is 4.30. The molecular weight excluding hydrogens is 100 g/mol. The van der Waals surface area contributed by atoms with Crippen molar-refractivity contribution in [2.75, 3.05) is 6.61 Å². The van der Waals surface area contributed by atoms with Gasteiger partial charge in [-0.05, 0) is 18.9 Å². The van der Waals surface area contributed by atoms with Gasteiger partial charge in [0.05, 0.1) is 6.61 Å². The molecule has 1 nitrogen and oxygen atoms in total. The molecule has 0 rings (SSSR count). The van der Waals surface area contributed by atoms with Gasteiger partial charge in [-0.1, -0.05) is 19.4 Å². The van der Waals surface area contributed by atoms with Crippen molar-refractivity contribution < 1.29 is 5.11 Å². The fourth-order valence-electron chi connectivity index (χ4n) is 0.636. The number of rotatable bonds is 3. The Bertz CT molecular complexity index is 74.5. The summed E-state index contributed by atoms with van der Waals surface area (Å²) in [6.07, 6.45) is 4.14. The van der Waals surface area contributed by atoms with Gasteiger partial charge in [0.15, 0.2) is 0 Å². The van der Waals surface area contributed by atoms with Crippen molar-refractivity contribution in [1.29, 1.82) is 0 Å². The van der Waals surface area contributed by atoms with Crippen molar-refractivity contribution in [2.45, 2.75) is 26.7 Å². The van der Waals surface area contributed by atoms with Crippen LogP contribution in [0.3, 0.4) is 0 Å². The summed E-state index contributed by atoms with van der Waals surface area (Å²) in [7, 11) is 0. The van der Waals surface area contributed by atoms with Crippen LogP contribution in [0.15, 0.2) is 11.6 Å². The second-order valence-corrected chi connectivity index (χ2v) is 1.86. The molecule has 0 fully saturated rings. The highest BCUT2D eigenvalue weighted by atomic mass is 16.3. The topological polar surface area (TPSA) is 20.2 Å². The molecule has 0 unspecified atom stereocenters. The minimum atomic E-state index is 0.227. The quantitative estimate of drug-likeness (QED) is 0.554. The van der Waals surface area contributed by atoms with Gasteiger partial charge >= 0.3 is 0 Å². The van der Waals surface area contributed by atoms with Crippen molar-refractivity contribution in [3.05, 3.63) is 11.6 Å². The standard InChI is InChI=1S/C7H14O/c1-3-5-7(4-2)6-8/h4,8H,3,5-6H2,1-2H3/b7-4+. The number of allylic oxidation sites excluding steroid dienone is 1. The van der Waals surface area contributed by atoms with Crippen LogP contribution < -0.4 is 0 Å². The predicted octanol–water partition coefficient (Wildman–Crippen LogP) is 1.73. The molecule has 0 saturated carbocycles. The second-order valence-electron chi connectivity index (χ2n) is 1.86. The number of hydrogen-bond acceptors (Lipinski definition) is 1. The van der Waals surface area contributed by atoms with Crippen LogP contribution in [0.1, 0.15) is 26.7 Å². The lowest BCUT2D eigenvalue weighted by molar-refractivity contribution is 0.326. The van der Waals surface area contributed by atoms with Gasteiger partial charge in [0.2, 0.25) is 0 Å². The predicted molar refractivity (Wildman–Crippen MR) is 35.8 cm³/mol. The van der Waals surface area contributed by atoms with Crippen LogP contribution in [0.25, 0.3) is 0 Å². The van der Waals surface area contributed by atoms with Crippen molar-refractivity contribution in [2.24, 2.45) is 0 Å². The normalized spacial score (nSPS) is 12.1. The summed E-state index contributed by atoms with van der Waals surface area (Å²) >= 11 is 0. The largest absolute Gasteiger partial charge is 0.392 e. The van der Waals surface area contributed by atoms with Gasteiger partial charge in [-0.3, -0.25) is 0 Å². The van der Waals surface area contributed by atoms with E-state index in [1.165, 1.54) is 0 Å². The number of hydrogen-bond donors (Lipinski definition) is 1. The van der Waals surface area contributed by atoms with Crippen LogP contribution in [0.5, 0.6) is 0 Å². The Morgan fingerprint density at radius 2 is 2.25 bits per heavy atom. The minimum Gasteiger partial charge on any atom is -0.392 e. The lowest BCUT2D eigenvalue weighted by Crippen LogP contribution is -1.87. The second kappa shape index (κ2) is 4.85. The number of aliphatic hydroxyl groups is 1. The van der Waals surface area contributed by atoms with E-state index in [0.717, 1.165) is 18.4 Å². The van der Waals surface area contributed by atoms with E-state index in [-0.39, 0.29) is 6.61 Å². The van der Waals surface area contributed by atoms with E-state index in [4.69, 9.17) is 5.11 Å². The molecule has 0 bridgehead atoms. The van der Waals surface area contributed by atoms with E-state index >= 15 is 0 Å². The first-order chi connectivity index (χ1) is 3.85. The Balaban J connectivity index is 3.38. The zero-order valence-corrected chi connectivity index (χ0v) is 5.65. The van der Waals surface area contributed by atoms with Gasteiger partial charge in [0.25, 0.3) is 0 Å². The zero-order chi connectivity index (χ0) is 6.41. The average molecular weight is 114 g/mol. The average Bonchev–Trinajstić information content (AvgIpc) is 1.83. The molecule has 0 amide bonds. The molecule has 0 atom stereocenters. The zero-order valence-electron chi connectivity index (χ0n) is 5.65. The van der Waals surface area contributed by atoms with Crippen LogP contribution >= 0.6 is 0 Å². The van der Waals surface area contributed by atoms with E-state index in [9.17, 15) is 0 Å². The molecule has 0 aliphatic heterocycles. The molecule has 0 spiro atoms. The van der Waals surface area contributed by atoms with Crippen molar-refractivity contribution in [1.82, 2.24) is 0 Å². The molecule has 48 valence electrons. The monoisotopic (exact) mass is 114 g/mol. The summed E-state index contributed by atoms with van der Waals surface area (Å²) in [6, 6.07) is 0. The summed E-state index contributed by atoms with van der Waals surface area (Å²) < 4.78 is 0. The molecule has 1 heteroatoms. The molecule has 0 heterocycles. The third kappa shape index (κ3) is 2.80. The maximum atomic E-state index is 8.59. The molecule has 0 aromatic carbocycles. The molecule has 0 aromatic heterocycles. The van der Waals surface area contributed by atoms with Gasteiger partial charge < -0.3 is 5.11 Å². The summed E-state index contributed by atoms with van der Waals surface area (Å²) in [5, 5.41) is 8.59. The minimum absolute atomic E-state index is 0.227. The van der Waals surface area contributed by atoms with Gasteiger partial charge in [-0.2, -0.15) is 0 Å². The molecule has 1 N–H and O–H groups in total. The van der Waals surface area contributed by atoms with E-state index in [0.29, 0.717) is 0 Å². The maximum Gasteiger partial charge on any atom is 0.0641 e. The maximum absolute atomic E-state index is 8.59. The molecule has 0 aromatic rings. The van der Waals surface area contributed by atoms with Crippen LogP contribution in [0.2, 0.25) is 0 Å². The highest BCUT2D eigenvalue weighted by Crippen LogP contribution is 2.01. The molecule has 0 aliphatic carbocycles. The Morgan fingerprint density at radius 1 is 1.62 bits per heavy atom. The summed E-state index contributed by atoms with van der Waals surface area (Å²) in [5.74, 6) is 0. The first kappa shape index (κ1) is 7.70. The van der Waals surface area contributed by atoms with Crippen molar-refractivity contribution in [3.63, 3.8) is 0 Å². The Kier molecular flexibility index (Phi) is 4.67. The molecule has 8 heavy (non-hydrogen) atoms. The van der Waals surface area contributed by atoms with Crippen molar-refractivity contribution in [3.8, 4) is 0 Å². The summed E-state index contributed by atoms with van der Waals surface area (Å²) in [4.78, 5) is 0. The Labute approximate surface area is 51.0 Å². The van der Waals surface area contributed by atoms with Gasteiger partial charge in [-0.25, -0.2) is 0 Å². The first-order valence-corrected chi connectivity index (χ1v) is 3.10. The fourth-order valence-corrected chi connectivity index (χ4v) is 0.636. The van der Waals surface area contributed by atoms with E-state index in [1.807, 2.05) is 13.0 Å². The smallest absolute Gasteiger partial charge is 0.0641 e.